The van der Waals surface area contributed by atoms with Crippen LogP contribution in [0.5, 0.6) is 5.75 Å². The van der Waals surface area contributed by atoms with Crippen LogP contribution in [0.15, 0.2) is 61.2 Å². The number of aromatic amines is 1. The number of carbonyl (C=O) groups excluding carboxylic acids is 1. The van der Waals surface area contributed by atoms with E-state index in [2.05, 4.69) is 15.1 Å². The van der Waals surface area contributed by atoms with Crippen molar-refractivity contribution in [3.05, 3.63) is 72.4 Å². The van der Waals surface area contributed by atoms with E-state index < -0.39 is 0 Å². The molecule has 0 aliphatic rings. The maximum absolute atomic E-state index is 13.0. The molecule has 0 bridgehead atoms. The SMILES string of the molecule is CCOc1ccc2cc(C(=O)N(C)C(C)c3ccc(-n4cncn4)cc3)[nH]c2c1. The molecule has 1 unspecified atom stereocenters. The molecule has 0 saturated carbocycles. The lowest BCUT2D eigenvalue weighted by atomic mass is 10.1. The summed E-state index contributed by atoms with van der Waals surface area (Å²) in [4.78, 5) is 22.0. The van der Waals surface area contributed by atoms with Gasteiger partial charge in [-0.15, -0.1) is 0 Å². The average molecular weight is 389 g/mol. The van der Waals surface area contributed by atoms with Gasteiger partial charge in [0.25, 0.3) is 5.91 Å². The van der Waals surface area contributed by atoms with Crippen molar-refractivity contribution in [2.45, 2.75) is 19.9 Å². The number of benzene rings is 2. The lowest BCUT2D eigenvalue weighted by Crippen LogP contribution is -2.29. The van der Waals surface area contributed by atoms with Crippen LogP contribution in [0.2, 0.25) is 0 Å². The summed E-state index contributed by atoms with van der Waals surface area (Å²) < 4.78 is 7.24. The fourth-order valence-electron chi connectivity index (χ4n) is 3.31. The quantitative estimate of drug-likeness (QED) is 0.541. The van der Waals surface area contributed by atoms with Crippen LogP contribution in [0.1, 0.15) is 35.9 Å². The highest BCUT2D eigenvalue weighted by Gasteiger charge is 2.20. The second-order valence-electron chi connectivity index (χ2n) is 6.89. The van der Waals surface area contributed by atoms with E-state index in [-0.39, 0.29) is 11.9 Å². The summed E-state index contributed by atoms with van der Waals surface area (Å²) in [6, 6.07) is 15.5. The van der Waals surface area contributed by atoms with Crippen molar-refractivity contribution in [1.29, 1.82) is 0 Å². The van der Waals surface area contributed by atoms with Gasteiger partial charge in [-0.1, -0.05) is 12.1 Å². The number of hydrogen-bond donors (Lipinski definition) is 1. The summed E-state index contributed by atoms with van der Waals surface area (Å²) in [6.45, 7) is 4.56. The molecule has 1 amide bonds. The third-order valence-corrected chi connectivity index (χ3v) is 5.10. The molecular formula is C22H23N5O2. The van der Waals surface area contributed by atoms with Crippen molar-refractivity contribution in [3.63, 3.8) is 0 Å². The van der Waals surface area contributed by atoms with Gasteiger partial charge in [0.2, 0.25) is 0 Å². The molecule has 0 aliphatic carbocycles. The summed E-state index contributed by atoms with van der Waals surface area (Å²) >= 11 is 0. The monoisotopic (exact) mass is 389 g/mol. The molecule has 0 fully saturated rings. The number of ether oxygens (including phenoxy) is 1. The molecule has 0 saturated heterocycles. The van der Waals surface area contributed by atoms with Gasteiger partial charge in [0.05, 0.1) is 18.3 Å². The number of aromatic nitrogens is 4. The zero-order chi connectivity index (χ0) is 20.4. The third-order valence-electron chi connectivity index (χ3n) is 5.10. The van der Waals surface area contributed by atoms with Gasteiger partial charge < -0.3 is 14.6 Å². The van der Waals surface area contributed by atoms with Gasteiger partial charge in [-0.25, -0.2) is 9.67 Å². The van der Waals surface area contributed by atoms with Gasteiger partial charge in [-0.2, -0.15) is 5.10 Å². The smallest absolute Gasteiger partial charge is 0.270 e. The Labute approximate surface area is 168 Å². The number of hydrogen-bond acceptors (Lipinski definition) is 4. The van der Waals surface area contributed by atoms with Crippen LogP contribution in [0, 0.1) is 0 Å². The van der Waals surface area contributed by atoms with Crippen molar-refractivity contribution >= 4 is 16.8 Å². The van der Waals surface area contributed by atoms with E-state index in [1.807, 2.05) is 69.4 Å². The van der Waals surface area contributed by atoms with E-state index in [4.69, 9.17) is 4.74 Å². The Hall–Kier alpha value is -3.61. The second-order valence-corrected chi connectivity index (χ2v) is 6.89. The number of carbonyl (C=O) groups is 1. The van der Waals surface area contributed by atoms with Crippen molar-refractivity contribution in [3.8, 4) is 11.4 Å². The minimum Gasteiger partial charge on any atom is -0.494 e. The minimum absolute atomic E-state index is 0.0630. The summed E-state index contributed by atoms with van der Waals surface area (Å²) in [5, 5.41) is 5.11. The van der Waals surface area contributed by atoms with Crippen LogP contribution >= 0.6 is 0 Å². The van der Waals surface area contributed by atoms with Crippen LogP contribution in [-0.2, 0) is 0 Å². The Morgan fingerprint density at radius 2 is 2.00 bits per heavy atom. The Balaban J connectivity index is 1.53. The lowest BCUT2D eigenvalue weighted by Gasteiger charge is -2.25. The zero-order valence-corrected chi connectivity index (χ0v) is 16.7. The summed E-state index contributed by atoms with van der Waals surface area (Å²) in [6.07, 6.45) is 3.15. The number of nitrogens with one attached hydrogen (secondary N) is 1. The Morgan fingerprint density at radius 3 is 2.69 bits per heavy atom. The lowest BCUT2D eigenvalue weighted by molar-refractivity contribution is 0.0737. The van der Waals surface area contributed by atoms with Crippen LogP contribution in [0.25, 0.3) is 16.6 Å². The number of rotatable bonds is 6. The normalized spacial score (nSPS) is 12.1. The van der Waals surface area contributed by atoms with Gasteiger partial charge >= 0.3 is 0 Å². The predicted molar refractivity (Wildman–Crippen MR) is 111 cm³/mol. The highest BCUT2D eigenvalue weighted by Crippen LogP contribution is 2.25. The van der Waals surface area contributed by atoms with Gasteiger partial charge in [-0.05, 0) is 49.7 Å². The summed E-state index contributed by atoms with van der Waals surface area (Å²) in [5.41, 5.74) is 3.41. The van der Waals surface area contributed by atoms with Crippen LogP contribution in [0.4, 0.5) is 0 Å². The molecule has 0 aliphatic heterocycles. The molecule has 2 aromatic carbocycles. The molecule has 4 aromatic rings. The fraction of sp³-hybridized carbons (Fsp3) is 0.227. The molecule has 7 nitrogen and oxygen atoms in total. The van der Waals surface area contributed by atoms with Crippen molar-refractivity contribution < 1.29 is 9.53 Å². The van der Waals surface area contributed by atoms with E-state index in [0.717, 1.165) is 27.9 Å². The maximum atomic E-state index is 13.0. The van der Waals surface area contributed by atoms with E-state index in [9.17, 15) is 4.79 Å². The molecule has 7 heteroatoms. The molecule has 29 heavy (non-hydrogen) atoms. The van der Waals surface area contributed by atoms with Crippen molar-refractivity contribution in [2.75, 3.05) is 13.7 Å². The largest absolute Gasteiger partial charge is 0.494 e. The van der Waals surface area contributed by atoms with Crippen LogP contribution < -0.4 is 4.74 Å². The molecule has 2 heterocycles. The highest BCUT2D eigenvalue weighted by atomic mass is 16.5. The summed E-state index contributed by atoms with van der Waals surface area (Å²) in [7, 11) is 1.81. The number of amides is 1. The van der Waals surface area contributed by atoms with Gasteiger partial charge in [-0.3, -0.25) is 4.79 Å². The predicted octanol–water partition coefficient (Wildman–Crippen LogP) is 3.98. The zero-order valence-electron chi connectivity index (χ0n) is 16.7. The molecule has 1 atom stereocenters. The first kappa shape index (κ1) is 18.7. The summed E-state index contributed by atoms with van der Waals surface area (Å²) in [5.74, 6) is 0.724. The van der Waals surface area contributed by atoms with Gasteiger partial charge in [0, 0.05) is 24.0 Å². The Bertz CT molecular complexity index is 1120. The van der Waals surface area contributed by atoms with E-state index >= 15 is 0 Å². The fourth-order valence-corrected chi connectivity index (χ4v) is 3.31. The molecular weight excluding hydrogens is 366 g/mol. The van der Waals surface area contributed by atoms with Gasteiger partial charge in [0.15, 0.2) is 0 Å². The Morgan fingerprint density at radius 1 is 1.21 bits per heavy atom. The Kier molecular flexibility index (Phi) is 5.03. The van der Waals surface area contributed by atoms with Gasteiger partial charge in [0.1, 0.15) is 24.1 Å². The first-order chi connectivity index (χ1) is 14.1. The first-order valence-corrected chi connectivity index (χ1v) is 9.54. The maximum Gasteiger partial charge on any atom is 0.270 e. The first-order valence-electron chi connectivity index (χ1n) is 9.54. The molecule has 1 N–H and O–H groups in total. The van der Waals surface area contributed by atoms with Crippen LogP contribution in [0.3, 0.4) is 0 Å². The molecule has 0 spiro atoms. The number of fused-ring (bicyclic) bond motifs is 1. The molecule has 0 radical (unpaired) electrons. The number of H-pyrrole nitrogens is 1. The minimum atomic E-state index is -0.0855. The molecule has 4 rings (SSSR count). The highest BCUT2D eigenvalue weighted by molar-refractivity contribution is 5.98. The van der Waals surface area contributed by atoms with E-state index in [1.165, 1.54) is 6.33 Å². The number of nitrogens with zero attached hydrogens (tertiary/aromatic N) is 4. The average Bonchev–Trinajstić information content (AvgIpc) is 3.42. The molecule has 148 valence electrons. The third kappa shape index (κ3) is 3.71. The van der Waals surface area contributed by atoms with Crippen LogP contribution in [-0.4, -0.2) is 44.2 Å². The van der Waals surface area contributed by atoms with Crippen molar-refractivity contribution in [2.24, 2.45) is 0 Å². The van der Waals surface area contributed by atoms with Crippen molar-refractivity contribution in [1.82, 2.24) is 24.6 Å². The second kappa shape index (κ2) is 7.79. The standard InChI is InChI=1S/C22H23N5O2/c1-4-29-19-10-7-17-11-21(25-20(17)12-19)22(28)26(3)15(2)16-5-8-18(9-6-16)27-14-23-13-24-27/h5-15,25H,4H2,1-3H3. The van der Waals surface area contributed by atoms with E-state index in [1.54, 1.807) is 15.9 Å². The molecule has 2 aromatic heterocycles. The topological polar surface area (TPSA) is 76.0 Å². The van der Waals surface area contributed by atoms with E-state index in [0.29, 0.717) is 12.3 Å².